The Kier molecular flexibility index (Phi) is 9.91. The van der Waals surface area contributed by atoms with Gasteiger partial charge in [0.25, 0.3) is 0 Å². The number of carbonyl (C=O) groups is 2. The van der Waals surface area contributed by atoms with Crippen LogP contribution in [0.4, 0.5) is 5.69 Å². The predicted molar refractivity (Wildman–Crippen MR) is 113 cm³/mol. The summed E-state index contributed by atoms with van der Waals surface area (Å²) in [6.45, 7) is 3.12. The average Bonchev–Trinajstić information content (AvgIpc) is 2.66. The second-order valence-electron chi connectivity index (χ2n) is 7.04. The van der Waals surface area contributed by atoms with Crippen LogP contribution in [-0.2, 0) is 9.59 Å². The molecule has 2 amide bonds. The maximum atomic E-state index is 12.4. The van der Waals surface area contributed by atoms with Crippen molar-refractivity contribution in [2.75, 3.05) is 37.6 Å². The Balaban J connectivity index is 0.00000182. The summed E-state index contributed by atoms with van der Waals surface area (Å²) in [5, 5.41) is 2.81. The average molecular weight is 417 g/mol. The van der Waals surface area contributed by atoms with Crippen molar-refractivity contribution in [1.82, 2.24) is 10.2 Å². The lowest BCUT2D eigenvalue weighted by Crippen LogP contribution is -2.51. The van der Waals surface area contributed by atoms with Gasteiger partial charge in [-0.15, -0.1) is 24.8 Å². The lowest BCUT2D eigenvalue weighted by atomic mass is 9.85. The van der Waals surface area contributed by atoms with Gasteiger partial charge in [0.15, 0.2) is 0 Å². The number of nitrogens with one attached hydrogen (secondary N) is 1. The maximum absolute atomic E-state index is 12.4. The molecule has 1 aliphatic carbocycles. The van der Waals surface area contributed by atoms with Crippen molar-refractivity contribution in [2.45, 2.75) is 31.7 Å². The molecule has 2 unspecified atom stereocenters. The standard InChI is InChI=1S/C19H28N4O2.2ClH/c20-16-6-4-5-15(13-16)19(25)21-14-18(24)23-11-9-22(10-12-23)17-7-2-1-3-8-17;;/h1-3,7-8,15-16H,4-6,9-14,20H2,(H,21,25);2*1H. The first kappa shape index (κ1) is 23.5. The fourth-order valence-corrected chi connectivity index (χ4v) is 3.74. The normalized spacial score (nSPS) is 22.3. The van der Waals surface area contributed by atoms with Crippen LogP contribution in [0.5, 0.6) is 0 Å². The number of anilines is 1. The molecular weight excluding hydrogens is 387 g/mol. The Labute approximate surface area is 173 Å². The van der Waals surface area contributed by atoms with E-state index in [1.807, 2.05) is 23.1 Å². The number of amides is 2. The minimum Gasteiger partial charge on any atom is -0.368 e. The summed E-state index contributed by atoms with van der Waals surface area (Å²) in [4.78, 5) is 28.7. The number of nitrogens with two attached hydrogens (primary N) is 1. The number of halogens is 2. The van der Waals surface area contributed by atoms with Crippen molar-refractivity contribution in [3.63, 3.8) is 0 Å². The van der Waals surface area contributed by atoms with Crippen molar-refractivity contribution in [1.29, 1.82) is 0 Å². The third-order valence-electron chi connectivity index (χ3n) is 5.25. The van der Waals surface area contributed by atoms with Crippen molar-refractivity contribution < 1.29 is 9.59 Å². The van der Waals surface area contributed by atoms with Crippen LogP contribution in [0.2, 0.25) is 0 Å². The van der Waals surface area contributed by atoms with Gasteiger partial charge in [0.2, 0.25) is 11.8 Å². The quantitative estimate of drug-likeness (QED) is 0.784. The molecule has 3 rings (SSSR count). The highest BCUT2D eigenvalue weighted by atomic mass is 35.5. The van der Waals surface area contributed by atoms with Crippen LogP contribution in [0.1, 0.15) is 25.7 Å². The number of para-hydroxylation sites is 1. The smallest absolute Gasteiger partial charge is 0.242 e. The molecule has 3 N–H and O–H groups in total. The van der Waals surface area contributed by atoms with E-state index in [9.17, 15) is 9.59 Å². The zero-order valence-corrected chi connectivity index (χ0v) is 17.1. The Morgan fingerprint density at radius 1 is 1.04 bits per heavy atom. The third kappa shape index (κ3) is 6.55. The molecule has 0 radical (unpaired) electrons. The summed E-state index contributed by atoms with van der Waals surface area (Å²) in [7, 11) is 0. The van der Waals surface area contributed by atoms with Crippen LogP contribution in [-0.4, -0.2) is 55.5 Å². The van der Waals surface area contributed by atoms with Crippen molar-refractivity contribution >= 4 is 42.3 Å². The fraction of sp³-hybridized carbons (Fsp3) is 0.579. The van der Waals surface area contributed by atoms with Crippen molar-refractivity contribution in [3.8, 4) is 0 Å². The molecule has 6 nitrogen and oxygen atoms in total. The molecule has 8 heteroatoms. The summed E-state index contributed by atoms with van der Waals surface area (Å²) in [6.07, 6.45) is 3.60. The van der Waals surface area contributed by atoms with Crippen LogP contribution in [0.25, 0.3) is 0 Å². The van der Waals surface area contributed by atoms with Gasteiger partial charge < -0.3 is 20.9 Å². The number of hydrogen-bond acceptors (Lipinski definition) is 4. The predicted octanol–water partition coefficient (Wildman–Crippen LogP) is 1.81. The van der Waals surface area contributed by atoms with Gasteiger partial charge in [-0.2, -0.15) is 0 Å². The van der Waals surface area contributed by atoms with E-state index in [1.54, 1.807) is 0 Å². The van der Waals surface area contributed by atoms with Gasteiger partial charge in [-0.05, 0) is 31.4 Å². The van der Waals surface area contributed by atoms with Crippen LogP contribution < -0.4 is 16.0 Å². The lowest BCUT2D eigenvalue weighted by Gasteiger charge is -2.36. The molecule has 2 atom stereocenters. The monoisotopic (exact) mass is 416 g/mol. The Bertz CT molecular complexity index is 595. The molecule has 0 spiro atoms. The zero-order chi connectivity index (χ0) is 17.6. The van der Waals surface area contributed by atoms with E-state index < -0.39 is 0 Å². The van der Waals surface area contributed by atoms with Gasteiger partial charge in [0, 0.05) is 43.8 Å². The Morgan fingerprint density at radius 2 is 1.70 bits per heavy atom. The molecule has 0 bridgehead atoms. The van der Waals surface area contributed by atoms with Crippen molar-refractivity contribution in [3.05, 3.63) is 30.3 Å². The van der Waals surface area contributed by atoms with E-state index in [-0.39, 0.29) is 55.1 Å². The molecule has 1 aliphatic heterocycles. The molecule has 1 heterocycles. The molecule has 1 aromatic rings. The Hall–Kier alpha value is -1.50. The molecule has 27 heavy (non-hydrogen) atoms. The first-order valence-electron chi connectivity index (χ1n) is 9.24. The highest BCUT2D eigenvalue weighted by Crippen LogP contribution is 2.23. The molecule has 2 aliphatic rings. The van der Waals surface area contributed by atoms with Crippen LogP contribution in [0.15, 0.2) is 30.3 Å². The summed E-state index contributed by atoms with van der Waals surface area (Å²) < 4.78 is 0. The van der Waals surface area contributed by atoms with Crippen LogP contribution in [0, 0.1) is 5.92 Å². The fourth-order valence-electron chi connectivity index (χ4n) is 3.74. The topological polar surface area (TPSA) is 78.7 Å². The lowest BCUT2D eigenvalue weighted by molar-refractivity contribution is -0.134. The molecule has 0 aromatic heterocycles. The number of benzene rings is 1. The third-order valence-corrected chi connectivity index (χ3v) is 5.25. The van der Waals surface area contributed by atoms with Crippen LogP contribution in [0.3, 0.4) is 0 Å². The molecule has 152 valence electrons. The van der Waals surface area contributed by atoms with Gasteiger partial charge in [-0.25, -0.2) is 0 Å². The molecule has 1 saturated carbocycles. The summed E-state index contributed by atoms with van der Waals surface area (Å²) >= 11 is 0. The van der Waals surface area contributed by atoms with Gasteiger partial charge in [-0.3, -0.25) is 9.59 Å². The molecule has 1 aromatic carbocycles. The first-order valence-corrected chi connectivity index (χ1v) is 9.24. The van der Waals surface area contributed by atoms with E-state index in [0.29, 0.717) is 13.1 Å². The Morgan fingerprint density at radius 3 is 2.33 bits per heavy atom. The summed E-state index contributed by atoms with van der Waals surface area (Å²) in [6, 6.07) is 10.4. The van der Waals surface area contributed by atoms with Gasteiger partial charge in [0.1, 0.15) is 0 Å². The van der Waals surface area contributed by atoms with E-state index in [2.05, 4.69) is 22.3 Å². The molecule has 1 saturated heterocycles. The van der Waals surface area contributed by atoms with Gasteiger partial charge in [-0.1, -0.05) is 24.6 Å². The molecular formula is C19H30Cl2N4O2. The minimum atomic E-state index is -0.0357. The van der Waals surface area contributed by atoms with E-state index >= 15 is 0 Å². The maximum Gasteiger partial charge on any atom is 0.242 e. The second-order valence-corrected chi connectivity index (χ2v) is 7.04. The number of piperazine rings is 1. The SMILES string of the molecule is Cl.Cl.NC1CCCC(C(=O)NCC(=O)N2CCN(c3ccccc3)CC2)C1. The number of carbonyl (C=O) groups excluding carboxylic acids is 2. The van der Waals surface area contributed by atoms with Crippen LogP contribution >= 0.6 is 24.8 Å². The van der Waals surface area contributed by atoms with Gasteiger partial charge >= 0.3 is 0 Å². The summed E-state index contributed by atoms with van der Waals surface area (Å²) in [5.74, 6) is -0.0564. The number of rotatable bonds is 4. The van der Waals surface area contributed by atoms with E-state index in [0.717, 1.165) is 38.8 Å². The molecule has 2 fully saturated rings. The second kappa shape index (κ2) is 11.4. The number of nitrogens with zero attached hydrogens (tertiary/aromatic N) is 2. The minimum absolute atomic E-state index is 0. The first-order chi connectivity index (χ1) is 12.1. The summed E-state index contributed by atoms with van der Waals surface area (Å²) in [5.41, 5.74) is 7.13. The van der Waals surface area contributed by atoms with E-state index in [4.69, 9.17) is 5.73 Å². The largest absolute Gasteiger partial charge is 0.368 e. The van der Waals surface area contributed by atoms with Gasteiger partial charge in [0.05, 0.1) is 6.54 Å². The highest BCUT2D eigenvalue weighted by Gasteiger charge is 2.26. The highest BCUT2D eigenvalue weighted by molar-refractivity contribution is 5.86. The van der Waals surface area contributed by atoms with E-state index in [1.165, 1.54) is 5.69 Å². The number of hydrogen-bond donors (Lipinski definition) is 2. The van der Waals surface area contributed by atoms with Crippen molar-refractivity contribution in [2.24, 2.45) is 11.7 Å². The zero-order valence-electron chi connectivity index (χ0n) is 15.5.